The summed E-state index contributed by atoms with van der Waals surface area (Å²) in [5.74, 6) is 1.37. The zero-order chi connectivity index (χ0) is 17.5. The van der Waals surface area contributed by atoms with E-state index in [1.54, 1.807) is 6.26 Å². The van der Waals surface area contributed by atoms with E-state index >= 15 is 0 Å². The molecule has 0 spiro atoms. The second-order valence-electron chi connectivity index (χ2n) is 5.47. The molecule has 0 radical (unpaired) electrons. The molecule has 0 bridgehead atoms. The van der Waals surface area contributed by atoms with Crippen LogP contribution in [-0.2, 0) is 13.0 Å². The Kier molecular flexibility index (Phi) is 5.31. The first-order chi connectivity index (χ1) is 12.2. The maximum atomic E-state index is 10.7. The first kappa shape index (κ1) is 16.6. The molecule has 2 amide bonds. The molecule has 0 aliphatic carbocycles. The Morgan fingerprint density at radius 1 is 1.12 bits per heavy atom. The number of aromatic nitrogens is 1. The number of oxazole rings is 1. The maximum absolute atomic E-state index is 10.7. The van der Waals surface area contributed by atoms with E-state index in [1.807, 2.05) is 54.6 Å². The Labute approximate surface area is 145 Å². The van der Waals surface area contributed by atoms with Gasteiger partial charge in [0.25, 0.3) is 0 Å². The summed E-state index contributed by atoms with van der Waals surface area (Å²) in [6.45, 7) is 0.899. The highest BCUT2D eigenvalue weighted by Gasteiger charge is 2.06. The molecule has 2 aromatic carbocycles. The summed E-state index contributed by atoms with van der Waals surface area (Å²) in [5, 5.41) is 2.54. The van der Waals surface area contributed by atoms with E-state index in [-0.39, 0.29) is 0 Å². The van der Waals surface area contributed by atoms with E-state index in [0.29, 0.717) is 25.5 Å². The summed E-state index contributed by atoms with van der Waals surface area (Å²) < 4.78 is 11.2. The summed E-state index contributed by atoms with van der Waals surface area (Å²) >= 11 is 0. The lowest BCUT2D eigenvalue weighted by Gasteiger charge is -2.06. The first-order valence-corrected chi connectivity index (χ1v) is 7.95. The zero-order valence-electron chi connectivity index (χ0n) is 13.6. The quantitative estimate of drug-likeness (QED) is 0.693. The van der Waals surface area contributed by atoms with Gasteiger partial charge in [0.15, 0.2) is 0 Å². The summed E-state index contributed by atoms with van der Waals surface area (Å²) in [6.07, 6.45) is 2.31. The number of urea groups is 1. The minimum absolute atomic E-state index is 0.400. The van der Waals surface area contributed by atoms with E-state index in [0.717, 1.165) is 22.6 Å². The summed E-state index contributed by atoms with van der Waals surface area (Å²) in [4.78, 5) is 15.1. The molecule has 0 unspecified atom stereocenters. The highest BCUT2D eigenvalue weighted by molar-refractivity contribution is 5.71. The van der Waals surface area contributed by atoms with Gasteiger partial charge in [0.2, 0.25) is 5.89 Å². The fourth-order valence-electron chi connectivity index (χ4n) is 2.30. The van der Waals surface area contributed by atoms with Crippen LogP contribution in [0.4, 0.5) is 4.79 Å². The van der Waals surface area contributed by atoms with E-state index in [4.69, 9.17) is 14.9 Å². The first-order valence-electron chi connectivity index (χ1n) is 7.95. The molecule has 0 fully saturated rings. The Balaban J connectivity index is 1.48. The minimum atomic E-state index is -0.539. The summed E-state index contributed by atoms with van der Waals surface area (Å²) in [6, 6.07) is 16.7. The van der Waals surface area contributed by atoms with Crippen LogP contribution in [0.5, 0.6) is 5.75 Å². The Morgan fingerprint density at radius 2 is 1.88 bits per heavy atom. The molecular weight excluding hydrogens is 318 g/mol. The van der Waals surface area contributed by atoms with Crippen LogP contribution >= 0.6 is 0 Å². The number of nitrogens with one attached hydrogen (secondary N) is 1. The fraction of sp³-hybridized carbons (Fsp3) is 0.158. The number of benzene rings is 2. The molecule has 0 saturated heterocycles. The van der Waals surface area contributed by atoms with Crippen molar-refractivity contribution in [3.63, 3.8) is 0 Å². The third-order valence-corrected chi connectivity index (χ3v) is 3.59. The highest BCUT2D eigenvalue weighted by Crippen LogP contribution is 2.18. The van der Waals surface area contributed by atoms with Gasteiger partial charge in [-0.05, 0) is 29.8 Å². The van der Waals surface area contributed by atoms with Crippen LogP contribution in [0.15, 0.2) is 65.3 Å². The predicted molar refractivity (Wildman–Crippen MR) is 94.0 cm³/mol. The maximum Gasteiger partial charge on any atom is 0.312 e. The molecule has 3 N–H and O–H groups in total. The standard InChI is InChI=1S/C19H19N3O3/c20-19(23)21-12-14-6-8-17(9-7-14)24-11-10-16-13-25-18(22-16)15-4-2-1-3-5-15/h1-9,13H,10-12H2,(H3,20,21,23). The van der Waals surface area contributed by atoms with Gasteiger partial charge >= 0.3 is 6.03 Å². The number of carbonyl (C=O) groups is 1. The summed E-state index contributed by atoms with van der Waals surface area (Å²) in [5.41, 5.74) is 7.80. The molecule has 3 aromatic rings. The number of hydrogen-bond donors (Lipinski definition) is 2. The lowest BCUT2D eigenvalue weighted by molar-refractivity contribution is 0.248. The third kappa shape index (κ3) is 4.84. The van der Waals surface area contributed by atoms with Crippen LogP contribution in [0.1, 0.15) is 11.3 Å². The van der Waals surface area contributed by atoms with Crippen LogP contribution in [0, 0.1) is 0 Å². The third-order valence-electron chi connectivity index (χ3n) is 3.59. The van der Waals surface area contributed by atoms with Crippen LogP contribution < -0.4 is 15.8 Å². The van der Waals surface area contributed by atoms with Crippen molar-refractivity contribution >= 4 is 6.03 Å². The fourth-order valence-corrected chi connectivity index (χ4v) is 2.30. The lowest BCUT2D eigenvalue weighted by Crippen LogP contribution is -2.28. The van der Waals surface area contributed by atoms with Gasteiger partial charge in [-0.3, -0.25) is 0 Å². The van der Waals surface area contributed by atoms with Gasteiger partial charge in [0.05, 0.1) is 12.3 Å². The number of primary amides is 1. The van der Waals surface area contributed by atoms with Gasteiger partial charge in [0.1, 0.15) is 12.0 Å². The number of hydrogen-bond acceptors (Lipinski definition) is 4. The molecule has 3 rings (SSSR count). The van der Waals surface area contributed by atoms with Crippen LogP contribution in [0.3, 0.4) is 0 Å². The molecule has 1 heterocycles. The van der Waals surface area contributed by atoms with E-state index in [1.165, 1.54) is 0 Å². The van der Waals surface area contributed by atoms with Crippen molar-refractivity contribution < 1.29 is 13.9 Å². The smallest absolute Gasteiger partial charge is 0.312 e. The van der Waals surface area contributed by atoms with E-state index in [9.17, 15) is 4.79 Å². The molecule has 0 saturated carbocycles. The average molecular weight is 337 g/mol. The van der Waals surface area contributed by atoms with Crippen LogP contribution in [0.2, 0.25) is 0 Å². The number of rotatable bonds is 7. The van der Waals surface area contributed by atoms with Gasteiger partial charge in [-0.25, -0.2) is 9.78 Å². The highest BCUT2D eigenvalue weighted by atomic mass is 16.5. The van der Waals surface area contributed by atoms with Gasteiger partial charge < -0.3 is 20.2 Å². The van der Waals surface area contributed by atoms with Crippen molar-refractivity contribution in [3.05, 3.63) is 72.1 Å². The van der Waals surface area contributed by atoms with Crippen molar-refractivity contribution in [2.24, 2.45) is 5.73 Å². The Morgan fingerprint density at radius 3 is 2.60 bits per heavy atom. The second-order valence-corrected chi connectivity index (χ2v) is 5.47. The van der Waals surface area contributed by atoms with E-state index in [2.05, 4.69) is 10.3 Å². The molecule has 0 aliphatic heterocycles. The SMILES string of the molecule is NC(=O)NCc1ccc(OCCc2coc(-c3ccccc3)n2)cc1. The minimum Gasteiger partial charge on any atom is -0.493 e. The number of ether oxygens (including phenoxy) is 1. The van der Waals surface area contributed by atoms with Gasteiger partial charge in [-0.1, -0.05) is 30.3 Å². The Hall–Kier alpha value is -3.28. The molecular formula is C19H19N3O3. The second kappa shape index (κ2) is 8.01. The largest absolute Gasteiger partial charge is 0.493 e. The number of nitrogens with zero attached hydrogens (tertiary/aromatic N) is 1. The molecule has 1 aromatic heterocycles. The van der Waals surface area contributed by atoms with E-state index < -0.39 is 6.03 Å². The average Bonchev–Trinajstić information content (AvgIpc) is 3.11. The van der Waals surface area contributed by atoms with Crippen molar-refractivity contribution in [2.45, 2.75) is 13.0 Å². The molecule has 0 aliphatic rings. The summed E-state index contributed by atoms with van der Waals surface area (Å²) in [7, 11) is 0. The molecule has 128 valence electrons. The normalized spacial score (nSPS) is 10.4. The number of amides is 2. The number of nitrogens with two attached hydrogens (primary N) is 1. The van der Waals surface area contributed by atoms with Gasteiger partial charge in [-0.15, -0.1) is 0 Å². The van der Waals surface area contributed by atoms with Gasteiger partial charge in [0, 0.05) is 18.5 Å². The molecule has 0 atom stereocenters. The van der Waals surface area contributed by atoms with Crippen molar-refractivity contribution in [1.29, 1.82) is 0 Å². The zero-order valence-corrected chi connectivity index (χ0v) is 13.6. The molecule has 6 heteroatoms. The molecule has 6 nitrogen and oxygen atoms in total. The Bertz CT molecular complexity index is 813. The molecule has 25 heavy (non-hydrogen) atoms. The van der Waals surface area contributed by atoms with Crippen molar-refractivity contribution in [2.75, 3.05) is 6.61 Å². The van der Waals surface area contributed by atoms with Crippen molar-refractivity contribution in [1.82, 2.24) is 10.3 Å². The van der Waals surface area contributed by atoms with Crippen LogP contribution in [-0.4, -0.2) is 17.6 Å². The topological polar surface area (TPSA) is 90.4 Å². The van der Waals surface area contributed by atoms with Gasteiger partial charge in [-0.2, -0.15) is 0 Å². The lowest BCUT2D eigenvalue weighted by atomic mass is 10.2. The van der Waals surface area contributed by atoms with Crippen LogP contribution in [0.25, 0.3) is 11.5 Å². The number of carbonyl (C=O) groups excluding carboxylic acids is 1. The monoisotopic (exact) mass is 337 g/mol. The predicted octanol–water partition coefficient (Wildman–Crippen LogP) is 3.13. The van der Waals surface area contributed by atoms with Crippen molar-refractivity contribution in [3.8, 4) is 17.2 Å².